The average molecular weight is 283 g/mol. The summed E-state index contributed by atoms with van der Waals surface area (Å²) >= 11 is 0. The Morgan fingerprint density at radius 2 is 1.63 bits per heavy atom. The highest BCUT2D eigenvalue weighted by Crippen LogP contribution is 2.42. The van der Waals surface area contributed by atoms with E-state index in [2.05, 4.69) is 51.1 Å². The number of hydrogen-bond donors (Lipinski definition) is 0. The van der Waals surface area contributed by atoms with Gasteiger partial charge in [-0.05, 0) is 23.0 Å². The van der Waals surface area contributed by atoms with Crippen LogP contribution in [0.3, 0.4) is 0 Å². The minimum absolute atomic E-state index is 0.667. The summed E-state index contributed by atoms with van der Waals surface area (Å²) in [6, 6.07) is 0. The Labute approximate surface area is 119 Å². The molecule has 0 aliphatic carbocycles. The van der Waals surface area contributed by atoms with Crippen molar-refractivity contribution in [2.45, 2.75) is 71.1 Å². The Kier molecular flexibility index (Phi) is 6.27. The summed E-state index contributed by atoms with van der Waals surface area (Å²) in [6.45, 7) is 15.9. The van der Waals surface area contributed by atoms with Crippen molar-refractivity contribution in [3.63, 3.8) is 0 Å². The molecule has 1 aromatic rings. The number of nitrogens with zero attached hydrogens (tertiary/aromatic N) is 2. The highest BCUT2D eigenvalue weighted by Gasteiger charge is 2.44. The molecule has 0 saturated carbocycles. The molecular weight excluding hydrogens is 252 g/mol. The molecule has 0 bridgehead atoms. The van der Waals surface area contributed by atoms with Gasteiger partial charge in [-0.3, -0.25) is 0 Å². The third kappa shape index (κ3) is 3.92. The third-order valence-corrected chi connectivity index (χ3v) is 10.3. The van der Waals surface area contributed by atoms with E-state index < -0.39 is 8.32 Å². The fourth-order valence-corrected chi connectivity index (χ4v) is 8.91. The van der Waals surface area contributed by atoms with E-state index in [1.54, 1.807) is 0 Å². The van der Waals surface area contributed by atoms with Gasteiger partial charge in [0.1, 0.15) is 0 Å². The molecule has 0 saturated heterocycles. The molecule has 0 atom stereocenters. The van der Waals surface area contributed by atoms with Crippen molar-refractivity contribution in [1.82, 2.24) is 9.55 Å². The Balaban J connectivity index is 2.53. The number of imidazole rings is 1. The van der Waals surface area contributed by atoms with Gasteiger partial charge in [-0.25, -0.2) is 4.98 Å². The molecule has 3 nitrogen and oxygen atoms in total. The van der Waals surface area contributed by atoms with Crippen LogP contribution in [0.5, 0.6) is 0 Å². The van der Waals surface area contributed by atoms with Gasteiger partial charge < -0.3 is 8.99 Å². The largest absolute Gasteiger partial charge is 0.416 e. The van der Waals surface area contributed by atoms with E-state index in [-0.39, 0.29) is 0 Å². The van der Waals surface area contributed by atoms with E-state index in [4.69, 9.17) is 4.43 Å². The molecule has 19 heavy (non-hydrogen) atoms. The molecule has 110 valence electrons. The highest BCUT2D eigenvalue weighted by atomic mass is 28.4. The van der Waals surface area contributed by atoms with Gasteiger partial charge in [0.15, 0.2) is 8.32 Å². The van der Waals surface area contributed by atoms with Crippen LogP contribution in [0.1, 0.15) is 48.0 Å². The Morgan fingerprint density at radius 3 is 2.05 bits per heavy atom. The standard InChI is InChI=1S/C15H30N2OSi/c1-13(2)19(14(3)4,15(5)6)18-11-7-9-17-10-8-16-12-17/h8,10,12-15H,7,9,11H2,1-6H3. The summed E-state index contributed by atoms with van der Waals surface area (Å²) in [5.41, 5.74) is 2.00. The lowest BCUT2D eigenvalue weighted by Gasteiger charge is -2.42. The Hall–Kier alpha value is -0.613. The van der Waals surface area contributed by atoms with E-state index in [0.29, 0.717) is 16.6 Å². The van der Waals surface area contributed by atoms with E-state index in [1.165, 1.54) is 0 Å². The van der Waals surface area contributed by atoms with Crippen molar-refractivity contribution < 1.29 is 4.43 Å². The summed E-state index contributed by atoms with van der Waals surface area (Å²) in [6.07, 6.45) is 6.78. The predicted octanol–water partition coefficient (Wildman–Crippen LogP) is 4.47. The topological polar surface area (TPSA) is 27.1 Å². The molecular formula is C15H30N2OSi. The zero-order valence-corrected chi connectivity index (χ0v) is 14.4. The van der Waals surface area contributed by atoms with Crippen molar-refractivity contribution in [3.8, 4) is 0 Å². The summed E-state index contributed by atoms with van der Waals surface area (Å²) in [5.74, 6) is 0. The van der Waals surface area contributed by atoms with Gasteiger partial charge in [-0.2, -0.15) is 0 Å². The second kappa shape index (κ2) is 7.24. The monoisotopic (exact) mass is 282 g/mol. The molecule has 0 spiro atoms. The smallest absolute Gasteiger partial charge is 0.200 e. The predicted molar refractivity (Wildman–Crippen MR) is 83.8 cm³/mol. The first-order valence-corrected chi connectivity index (χ1v) is 9.65. The lowest BCUT2D eigenvalue weighted by Crippen LogP contribution is -2.48. The van der Waals surface area contributed by atoms with Crippen molar-refractivity contribution in [2.75, 3.05) is 6.61 Å². The molecule has 0 unspecified atom stereocenters. The molecule has 0 N–H and O–H groups in total. The molecule has 1 heterocycles. The van der Waals surface area contributed by atoms with Gasteiger partial charge in [-0.15, -0.1) is 0 Å². The van der Waals surface area contributed by atoms with Crippen molar-refractivity contribution in [1.29, 1.82) is 0 Å². The summed E-state index contributed by atoms with van der Waals surface area (Å²) < 4.78 is 8.64. The number of aromatic nitrogens is 2. The molecule has 4 heteroatoms. The highest BCUT2D eigenvalue weighted by molar-refractivity contribution is 6.77. The minimum atomic E-state index is -1.67. The molecule has 0 aromatic carbocycles. The van der Waals surface area contributed by atoms with Crippen LogP contribution in [0.15, 0.2) is 18.7 Å². The number of rotatable bonds is 8. The van der Waals surface area contributed by atoms with Crippen LogP contribution in [0.2, 0.25) is 16.6 Å². The van der Waals surface area contributed by atoms with Crippen LogP contribution in [-0.4, -0.2) is 24.5 Å². The molecule has 1 rings (SSSR count). The maximum absolute atomic E-state index is 6.52. The van der Waals surface area contributed by atoms with E-state index in [9.17, 15) is 0 Å². The van der Waals surface area contributed by atoms with Gasteiger partial charge in [0.05, 0.1) is 6.33 Å². The zero-order valence-electron chi connectivity index (χ0n) is 13.4. The molecule has 0 aliphatic rings. The van der Waals surface area contributed by atoms with E-state index in [1.807, 2.05) is 18.7 Å². The summed E-state index contributed by atoms with van der Waals surface area (Å²) in [7, 11) is -1.67. The van der Waals surface area contributed by atoms with Crippen molar-refractivity contribution in [3.05, 3.63) is 18.7 Å². The fourth-order valence-electron chi connectivity index (χ4n) is 3.42. The fraction of sp³-hybridized carbons (Fsp3) is 0.800. The molecule has 0 fully saturated rings. The van der Waals surface area contributed by atoms with Gasteiger partial charge in [-0.1, -0.05) is 41.5 Å². The van der Waals surface area contributed by atoms with Gasteiger partial charge in [0.25, 0.3) is 0 Å². The maximum atomic E-state index is 6.52. The maximum Gasteiger partial charge on any atom is 0.200 e. The van der Waals surface area contributed by atoms with Gasteiger partial charge in [0.2, 0.25) is 0 Å². The quantitative estimate of drug-likeness (QED) is 0.520. The SMILES string of the molecule is CC(C)[Si](OCCCn1ccnc1)(C(C)C)C(C)C. The Bertz CT molecular complexity index is 325. The third-order valence-electron chi connectivity index (χ3n) is 4.18. The Morgan fingerprint density at radius 1 is 1.05 bits per heavy atom. The van der Waals surface area contributed by atoms with Crippen LogP contribution in [0, 0.1) is 0 Å². The molecule has 0 amide bonds. The molecule has 0 radical (unpaired) electrons. The number of hydrogen-bond acceptors (Lipinski definition) is 2. The van der Waals surface area contributed by atoms with Gasteiger partial charge >= 0.3 is 0 Å². The minimum Gasteiger partial charge on any atom is -0.416 e. The zero-order chi connectivity index (χ0) is 14.5. The average Bonchev–Trinajstić information content (AvgIpc) is 2.80. The summed E-state index contributed by atoms with van der Waals surface area (Å²) in [5, 5.41) is 0. The van der Waals surface area contributed by atoms with Crippen LogP contribution in [-0.2, 0) is 11.0 Å². The normalized spacial score (nSPS) is 12.9. The van der Waals surface area contributed by atoms with Crippen LogP contribution < -0.4 is 0 Å². The van der Waals surface area contributed by atoms with Crippen molar-refractivity contribution >= 4 is 8.32 Å². The molecule has 1 aromatic heterocycles. The molecule has 0 aliphatic heterocycles. The van der Waals surface area contributed by atoms with Crippen LogP contribution >= 0.6 is 0 Å². The lowest BCUT2D eigenvalue weighted by molar-refractivity contribution is 0.265. The van der Waals surface area contributed by atoms with Gasteiger partial charge in [0, 0.05) is 25.5 Å². The second-order valence-corrected chi connectivity index (χ2v) is 11.8. The first-order valence-electron chi connectivity index (χ1n) is 7.51. The number of aryl methyl sites for hydroxylation is 1. The summed E-state index contributed by atoms with van der Waals surface area (Å²) in [4.78, 5) is 4.07. The lowest BCUT2D eigenvalue weighted by atomic mass is 10.4. The van der Waals surface area contributed by atoms with Crippen LogP contribution in [0.4, 0.5) is 0 Å². The first kappa shape index (κ1) is 16.4. The second-order valence-electron chi connectivity index (χ2n) is 6.32. The van der Waals surface area contributed by atoms with E-state index >= 15 is 0 Å². The first-order chi connectivity index (χ1) is 8.91. The van der Waals surface area contributed by atoms with E-state index in [0.717, 1.165) is 19.6 Å². The van der Waals surface area contributed by atoms with Crippen LogP contribution in [0.25, 0.3) is 0 Å². The van der Waals surface area contributed by atoms with Crippen molar-refractivity contribution in [2.24, 2.45) is 0 Å².